The number of aromatic hydroxyl groups is 2. The molecule has 5 heteroatoms. The predicted molar refractivity (Wildman–Crippen MR) is 70.5 cm³/mol. The van der Waals surface area contributed by atoms with E-state index in [0.717, 1.165) is 5.56 Å². The molecule has 0 unspecified atom stereocenters. The topological polar surface area (TPSA) is 89.8 Å². The predicted octanol–water partition coefficient (Wildman–Crippen LogP) is 2.41. The summed E-state index contributed by atoms with van der Waals surface area (Å²) in [6.07, 6.45) is 0. The summed E-state index contributed by atoms with van der Waals surface area (Å²) in [5.74, 6) is -1.39. The van der Waals surface area contributed by atoms with Crippen LogP contribution in [0, 0.1) is 0 Å². The summed E-state index contributed by atoms with van der Waals surface area (Å²) < 4.78 is 0. The van der Waals surface area contributed by atoms with Crippen molar-refractivity contribution in [2.45, 2.75) is 6.54 Å². The third kappa shape index (κ3) is 2.95. The molecule has 0 aliphatic carbocycles. The van der Waals surface area contributed by atoms with E-state index >= 15 is 0 Å². The van der Waals surface area contributed by atoms with Gasteiger partial charge in [-0.1, -0.05) is 18.2 Å². The summed E-state index contributed by atoms with van der Waals surface area (Å²) in [6, 6.07) is 11.0. The zero-order chi connectivity index (χ0) is 13.8. The van der Waals surface area contributed by atoms with Crippen molar-refractivity contribution in [2.75, 3.05) is 5.32 Å². The average molecular weight is 259 g/mol. The fraction of sp³-hybridized carbons (Fsp3) is 0.0714. The number of para-hydroxylation sites is 1. The number of phenols is 2. The van der Waals surface area contributed by atoms with Gasteiger partial charge in [-0.15, -0.1) is 0 Å². The van der Waals surface area contributed by atoms with Crippen LogP contribution in [0.3, 0.4) is 0 Å². The third-order valence-electron chi connectivity index (χ3n) is 2.68. The highest BCUT2D eigenvalue weighted by molar-refractivity contribution is 5.94. The van der Waals surface area contributed by atoms with Gasteiger partial charge in [0.2, 0.25) is 0 Å². The molecule has 0 saturated heterocycles. The van der Waals surface area contributed by atoms with E-state index in [0.29, 0.717) is 12.2 Å². The van der Waals surface area contributed by atoms with E-state index in [1.165, 1.54) is 18.2 Å². The maximum absolute atomic E-state index is 11.0. The van der Waals surface area contributed by atoms with Gasteiger partial charge in [0.15, 0.2) is 11.5 Å². The Kier molecular flexibility index (Phi) is 3.56. The second kappa shape index (κ2) is 5.30. The van der Waals surface area contributed by atoms with Crippen molar-refractivity contribution in [3.63, 3.8) is 0 Å². The van der Waals surface area contributed by atoms with Gasteiger partial charge in [0.1, 0.15) is 0 Å². The first kappa shape index (κ1) is 12.8. The first-order chi connectivity index (χ1) is 9.08. The molecule has 4 N–H and O–H groups in total. The first-order valence-electron chi connectivity index (χ1n) is 5.65. The van der Waals surface area contributed by atoms with E-state index in [1.54, 1.807) is 24.3 Å². The number of aromatic carboxylic acids is 1. The zero-order valence-electron chi connectivity index (χ0n) is 10.00. The van der Waals surface area contributed by atoms with Crippen molar-refractivity contribution < 1.29 is 20.1 Å². The van der Waals surface area contributed by atoms with Crippen LogP contribution in [0.2, 0.25) is 0 Å². The van der Waals surface area contributed by atoms with Crippen LogP contribution in [0.1, 0.15) is 15.9 Å². The van der Waals surface area contributed by atoms with Crippen molar-refractivity contribution >= 4 is 11.7 Å². The van der Waals surface area contributed by atoms with Crippen molar-refractivity contribution in [1.29, 1.82) is 0 Å². The van der Waals surface area contributed by atoms with E-state index < -0.39 is 5.97 Å². The zero-order valence-corrected chi connectivity index (χ0v) is 10.00. The number of carboxylic acid groups (broad SMARTS) is 1. The standard InChI is InChI=1S/C14H13NO4/c16-12-6-5-9(7-13(12)17)8-15-11-4-2-1-3-10(11)14(18)19/h1-7,15-17H,8H2,(H,18,19). The fourth-order valence-corrected chi connectivity index (χ4v) is 1.70. The smallest absolute Gasteiger partial charge is 0.337 e. The number of benzene rings is 2. The van der Waals surface area contributed by atoms with Gasteiger partial charge in [0.05, 0.1) is 5.56 Å². The largest absolute Gasteiger partial charge is 0.504 e. The van der Waals surface area contributed by atoms with Gasteiger partial charge >= 0.3 is 5.97 Å². The lowest BCUT2D eigenvalue weighted by Crippen LogP contribution is -2.06. The lowest BCUT2D eigenvalue weighted by molar-refractivity contribution is 0.0698. The van der Waals surface area contributed by atoms with Crippen LogP contribution in [-0.4, -0.2) is 21.3 Å². The second-order valence-corrected chi connectivity index (χ2v) is 4.03. The highest BCUT2D eigenvalue weighted by atomic mass is 16.4. The maximum atomic E-state index is 11.0. The number of phenolic OH excluding ortho intramolecular Hbond substituents is 2. The number of nitrogens with one attached hydrogen (secondary N) is 1. The molecule has 5 nitrogen and oxygen atoms in total. The molecule has 0 spiro atoms. The lowest BCUT2D eigenvalue weighted by Gasteiger charge is -2.10. The summed E-state index contributed by atoms with van der Waals surface area (Å²) in [5, 5.41) is 30.6. The Morgan fingerprint density at radius 3 is 2.47 bits per heavy atom. The minimum absolute atomic E-state index is 0.185. The van der Waals surface area contributed by atoms with E-state index in [4.69, 9.17) is 5.11 Å². The van der Waals surface area contributed by atoms with Crippen molar-refractivity contribution in [3.8, 4) is 11.5 Å². The Labute approximate surface area is 109 Å². The fourth-order valence-electron chi connectivity index (χ4n) is 1.70. The van der Waals surface area contributed by atoms with Gasteiger partial charge in [-0.3, -0.25) is 0 Å². The molecule has 0 saturated carbocycles. The number of hydrogen-bond donors (Lipinski definition) is 4. The molecular weight excluding hydrogens is 246 g/mol. The molecule has 2 aromatic rings. The monoisotopic (exact) mass is 259 g/mol. The number of carbonyl (C=O) groups is 1. The lowest BCUT2D eigenvalue weighted by atomic mass is 10.1. The summed E-state index contributed by atoms with van der Waals surface area (Å²) in [5.41, 5.74) is 1.42. The summed E-state index contributed by atoms with van der Waals surface area (Å²) in [7, 11) is 0. The molecule has 98 valence electrons. The highest BCUT2D eigenvalue weighted by Gasteiger charge is 2.08. The SMILES string of the molecule is O=C(O)c1ccccc1NCc1ccc(O)c(O)c1. The van der Waals surface area contributed by atoms with Crippen molar-refractivity contribution in [2.24, 2.45) is 0 Å². The molecule has 0 bridgehead atoms. The Bertz CT molecular complexity index is 610. The van der Waals surface area contributed by atoms with Crippen LogP contribution in [0.25, 0.3) is 0 Å². The number of rotatable bonds is 4. The van der Waals surface area contributed by atoms with E-state index in [-0.39, 0.29) is 17.1 Å². The summed E-state index contributed by atoms with van der Waals surface area (Å²) in [4.78, 5) is 11.0. The molecule has 0 aliphatic rings. The quantitative estimate of drug-likeness (QED) is 0.633. The molecule has 0 radical (unpaired) electrons. The van der Waals surface area contributed by atoms with E-state index in [2.05, 4.69) is 5.32 Å². The molecule has 2 rings (SSSR count). The Hall–Kier alpha value is -2.69. The van der Waals surface area contributed by atoms with Gasteiger partial charge in [-0.25, -0.2) is 4.79 Å². The van der Waals surface area contributed by atoms with Crippen LogP contribution < -0.4 is 5.32 Å². The van der Waals surface area contributed by atoms with E-state index in [1.807, 2.05) is 0 Å². The minimum atomic E-state index is -1.00. The normalized spacial score (nSPS) is 10.1. The molecule has 0 aliphatic heterocycles. The number of anilines is 1. The van der Waals surface area contributed by atoms with Crippen LogP contribution in [-0.2, 0) is 6.54 Å². The van der Waals surface area contributed by atoms with Gasteiger partial charge < -0.3 is 20.6 Å². The van der Waals surface area contributed by atoms with Gasteiger partial charge in [-0.2, -0.15) is 0 Å². The van der Waals surface area contributed by atoms with Crippen molar-refractivity contribution in [1.82, 2.24) is 0 Å². The van der Waals surface area contributed by atoms with Gasteiger partial charge in [0, 0.05) is 12.2 Å². The third-order valence-corrected chi connectivity index (χ3v) is 2.68. The maximum Gasteiger partial charge on any atom is 0.337 e. The molecule has 0 heterocycles. The minimum Gasteiger partial charge on any atom is -0.504 e. The average Bonchev–Trinajstić information content (AvgIpc) is 2.40. The molecule has 0 fully saturated rings. The van der Waals surface area contributed by atoms with Gasteiger partial charge in [-0.05, 0) is 29.8 Å². The van der Waals surface area contributed by atoms with Crippen LogP contribution in [0.4, 0.5) is 5.69 Å². The Morgan fingerprint density at radius 2 is 1.79 bits per heavy atom. The number of hydrogen-bond acceptors (Lipinski definition) is 4. The molecule has 0 aromatic heterocycles. The van der Waals surface area contributed by atoms with E-state index in [9.17, 15) is 15.0 Å². The Morgan fingerprint density at radius 1 is 1.05 bits per heavy atom. The molecule has 0 amide bonds. The number of carboxylic acids is 1. The summed E-state index contributed by atoms with van der Waals surface area (Å²) in [6.45, 7) is 0.345. The van der Waals surface area contributed by atoms with Crippen LogP contribution in [0.15, 0.2) is 42.5 Å². The summed E-state index contributed by atoms with van der Waals surface area (Å²) >= 11 is 0. The Balaban J connectivity index is 2.14. The molecule has 2 aromatic carbocycles. The highest BCUT2D eigenvalue weighted by Crippen LogP contribution is 2.25. The second-order valence-electron chi connectivity index (χ2n) is 4.03. The van der Waals surface area contributed by atoms with Crippen LogP contribution in [0.5, 0.6) is 11.5 Å². The molecule has 19 heavy (non-hydrogen) atoms. The molecular formula is C14H13NO4. The van der Waals surface area contributed by atoms with Crippen LogP contribution >= 0.6 is 0 Å². The van der Waals surface area contributed by atoms with Crippen molar-refractivity contribution in [3.05, 3.63) is 53.6 Å². The first-order valence-corrected chi connectivity index (χ1v) is 5.65. The molecule has 0 atom stereocenters. The van der Waals surface area contributed by atoms with Gasteiger partial charge in [0.25, 0.3) is 0 Å².